The van der Waals surface area contributed by atoms with Gasteiger partial charge in [0.05, 0.1) is 0 Å². The molecule has 1 saturated carbocycles. The van der Waals surface area contributed by atoms with Gasteiger partial charge in [-0.05, 0) is 24.0 Å². The number of carboxylic acids is 1. The van der Waals surface area contributed by atoms with Crippen molar-refractivity contribution in [3.8, 4) is 0 Å². The number of nitrogens with zero attached hydrogens (tertiary/aromatic N) is 1. The van der Waals surface area contributed by atoms with Gasteiger partial charge in [-0.2, -0.15) is 0 Å². The summed E-state index contributed by atoms with van der Waals surface area (Å²) in [6.07, 6.45) is 1.35. The minimum atomic E-state index is -1.01. The molecule has 0 saturated heterocycles. The zero-order valence-electron chi connectivity index (χ0n) is 13.9. The molecule has 1 fully saturated rings. The summed E-state index contributed by atoms with van der Waals surface area (Å²) in [6, 6.07) is 17.8. The molecule has 0 unspecified atom stereocenters. The molecule has 5 nitrogen and oxygen atoms in total. The maximum atomic E-state index is 12.6. The van der Waals surface area contributed by atoms with Gasteiger partial charge in [-0.25, -0.2) is 9.59 Å². The van der Waals surface area contributed by atoms with E-state index >= 15 is 0 Å². The minimum absolute atomic E-state index is 0.0481. The average molecular weight is 339 g/mol. The molecule has 0 aromatic heterocycles. The van der Waals surface area contributed by atoms with Crippen LogP contribution in [0.25, 0.3) is 0 Å². The number of rotatable bonds is 7. The summed E-state index contributed by atoms with van der Waals surface area (Å²) in [5, 5.41) is 9.67. The summed E-state index contributed by atoms with van der Waals surface area (Å²) >= 11 is 0. The second kappa shape index (κ2) is 7.83. The first-order valence-electron chi connectivity index (χ1n) is 8.41. The van der Waals surface area contributed by atoms with E-state index in [1.807, 2.05) is 60.7 Å². The van der Waals surface area contributed by atoms with Crippen molar-refractivity contribution in [3.05, 3.63) is 71.8 Å². The van der Waals surface area contributed by atoms with Crippen molar-refractivity contribution in [2.75, 3.05) is 0 Å². The number of carboxylic acid groups (broad SMARTS) is 1. The lowest BCUT2D eigenvalue weighted by molar-refractivity contribution is -0.143. The lowest BCUT2D eigenvalue weighted by Gasteiger charge is -2.28. The fraction of sp³-hybridized carbons (Fsp3) is 0.300. The van der Waals surface area contributed by atoms with E-state index in [0.29, 0.717) is 0 Å². The summed E-state index contributed by atoms with van der Waals surface area (Å²) in [5.74, 6) is -1.01. The Morgan fingerprint density at radius 3 is 2.08 bits per heavy atom. The molecule has 1 atom stereocenters. The zero-order chi connectivity index (χ0) is 17.6. The fourth-order valence-electron chi connectivity index (χ4n) is 2.82. The van der Waals surface area contributed by atoms with E-state index in [9.17, 15) is 14.7 Å². The number of aliphatic carboxylic acids is 1. The lowest BCUT2D eigenvalue weighted by Crippen LogP contribution is -2.48. The Bertz CT molecular complexity index is 713. The smallest absolute Gasteiger partial charge is 0.411 e. The average Bonchev–Trinajstić information content (AvgIpc) is 3.46. The van der Waals surface area contributed by atoms with Gasteiger partial charge in [0.1, 0.15) is 12.6 Å². The Morgan fingerprint density at radius 2 is 1.56 bits per heavy atom. The normalized spacial score (nSPS) is 14.6. The predicted molar refractivity (Wildman–Crippen MR) is 93.1 cm³/mol. The number of ether oxygens (including phenoxy) is 1. The molecule has 0 heterocycles. The van der Waals surface area contributed by atoms with E-state index in [1.165, 1.54) is 4.90 Å². The molecule has 2 aromatic rings. The Morgan fingerprint density at radius 1 is 1.00 bits per heavy atom. The molecule has 25 heavy (non-hydrogen) atoms. The van der Waals surface area contributed by atoms with Crippen LogP contribution in [0.5, 0.6) is 0 Å². The highest BCUT2D eigenvalue weighted by Crippen LogP contribution is 2.30. The molecule has 2 aromatic carbocycles. The monoisotopic (exact) mass is 339 g/mol. The molecule has 3 rings (SSSR count). The van der Waals surface area contributed by atoms with Crippen LogP contribution in [0.4, 0.5) is 4.79 Å². The maximum absolute atomic E-state index is 12.6. The molecule has 0 aliphatic heterocycles. The van der Waals surface area contributed by atoms with Gasteiger partial charge >= 0.3 is 12.1 Å². The molecule has 0 spiro atoms. The Hall–Kier alpha value is -2.82. The molecule has 130 valence electrons. The summed E-state index contributed by atoms with van der Waals surface area (Å²) < 4.78 is 5.38. The van der Waals surface area contributed by atoms with E-state index in [0.717, 1.165) is 24.0 Å². The van der Waals surface area contributed by atoms with Crippen LogP contribution < -0.4 is 0 Å². The third-order valence-electron chi connectivity index (χ3n) is 4.25. The quantitative estimate of drug-likeness (QED) is 0.838. The van der Waals surface area contributed by atoms with Gasteiger partial charge in [-0.15, -0.1) is 0 Å². The highest BCUT2D eigenvalue weighted by atomic mass is 16.6. The van der Waals surface area contributed by atoms with Gasteiger partial charge < -0.3 is 9.84 Å². The van der Waals surface area contributed by atoms with Crippen LogP contribution in [0, 0.1) is 0 Å². The highest BCUT2D eigenvalue weighted by molar-refractivity contribution is 5.81. The Kier molecular flexibility index (Phi) is 5.33. The molecule has 5 heteroatoms. The van der Waals surface area contributed by atoms with Gasteiger partial charge in [-0.1, -0.05) is 60.7 Å². The van der Waals surface area contributed by atoms with Crippen LogP contribution in [0.15, 0.2) is 60.7 Å². The highest BCUT2D eigenvalue weighted by Gasteiger charge is 2.41. The molecule has 1 amide bonds. The van der Waals surface area contributed by atoms with Crippen LogP contribution >= 0.6 is 0 Å². The summed E-state index contributed by atoms with van der Waals surface area (Å²) in [6.45, 7) is 0.139. The third-order valence-corrected chi connectivity index (χ3v) is 4.25. The van der Waals surface area contributed by atoms with Crippen LogP contribution in [0.3, 0.4) is 0 Å². The summed E-state index contributed by atoms with van der Waals surface area (Å²) in [5.41, 5.74) is 1.76. The number of hydrogen-bond acceptors (Lipinski definition) is 3. The van der Waals surface area contributed by atoms with Gasteiger partial charge in [-0.3, -0.25) is 4.90 Å². The van der Waals surface area contributed by atoms with Crippen molar-refractivity contribution < 1.29 is 19.4 Å². The second-order valence-corrected chi connectivity index (χ2v) is 6.22. The predicted octanol–water partition coefficient (Wildman–Crippen LogP) is 3.48. The topological polar surface area (TPSA) is 66.8 Å². The molecular formula is C20H21NO4. The van der Waals surface area contributed by atoms with Crippen molar-refractivity contribution in [1.29, 1.82) is 0 Å². The molecule has 1 aliphatic rings. The number of carbonyl (C=O) groups is 2. The molecular weight excluding hydrogens is 318 g/mol. The van der Waals surface area contributed by atoms with E-state index in [-0.39, 0.29) is 19.1 Å². The van der Waals surface area contributed by atoms with Crippen molar-refractivity contribution in [3.63, 3.8) is 0 Å². The molecule has 0 radical (unpaired) electrons. The van der Waals surface area contributed by atoms with Crippen LogP contribution in [0.1, 0.15) is 24.0 Å². The standard InChI is InChI=1S/C20H21NO4/c22-19(23)18(13-15-7-3-1-4-8-15)21(17-11-12-17)20(24)25-14-16-9-5-2-6-10-16/h1-10,17-18H,11-14H2,(H,22,23)/t18-/m0/s1. The molecule has 1 N–H and O–H groups in total. The van der Waals surface area contributed by atoms with Crippen molar-refractivity contribution >= 4 is 12.1 Å². The Balaban J connectivity index is 1.71. The van der Waals surface area contributed by atoms with E-state index in [4.69, 9.17) is 4.74 Å². The first kappa shape index (κ1) is 17.0. The van der Waals surface area contributed by atoms with Crippen LogP contribution in [-0.2, 0) is 22.6 Å². The number of amides is 1. The number of carbonyl (C=O) groups excluding carboxylic acids is 1. The van der Waals surface area contributed by atoms with Crippen molar-refractivity contribution in [2.45, 2.75) is 38.0 Å². The maximum Gasteiger partial charge on any atom is 0.411 e. The van der Waals surface area contributed by atoms with Crippen molar-refractivity contribution in [2.24, 2.45) is 0 Å². The minimum Gasteiger partial charge on any atom is -0.480 e. The van der Waals surface area contributed by atoms with Gasteiger partial charge in [0.2, 0.25) is 0 Å². The molecule has 0 bridgehead atoms. The van der Waals surface area contributed by atoms with E-state index in [2.05, 4.69) is 0 Å². The third kappa shape index (κ3) is 4.59. The van der Waals surface area contributed by atoms with Gasteiger partial charge in [0.25, 0.3) is 0 Å². The first-order chi connectivity index (χ1) is 12.1. The zero-order valence-corrected chi connectivity index (χ0v) is 13.9. The van der Waals surface area contributed by atoms with Crippen LogP contribution in [-0.4, -0.2) is 34.2 Å². The van der Waals surface area contributed by atoms with Crippen molar-refractivity contribution in [1.82, 2.24) is 4.90 Å². The second-order valence-electron chi connectivity index (χ2n) is 6.22. The Labute approximate surface area is 146 Å². The van der Waals surface area contributed by atoms with Gasteiger partial charge in [0.15, 0.2) is 0 Å². The first-order valence-corrected chi connectivity index (χ1v) is 8.41. The van der Waals surface area contributed by atoms with Crippen LogP contribution in [0.2, 0.25) is 0 Å². The molecule has 1 aliphatic carbocycles. The summed E-state index contributed by atoms with van der Waals surface area (Å²) in [7, 11) is 0. The van der Waals surface area contributed by atoms with E-state index < -0.39 is 18.1 Å². The SMILES string of the molecule is O=C(O)[C@H](Cc1ccccc1)N(C(=O)OCc1ccccc1)C1CC1. The van der Waals surface area contributed by atoms with E-state index in [1.54, 1.807) is 0 Å². The lowest BCUT2D eigenvalue weighted by atomic mass is 10.0. The summed E-state index contributed by atoms with van der Waals surface area (Å²) in [4.78, 5) is 25.8. The number of hydrogen-bond donors (Lipinski definition) is 1. The van der Waals surface area contributed by atoms with Gasteiger partial charge in [0, 0.05) is 12.5 Å². The fourth-order valence-corrected chi connectivity index (χ4v) is 2.82. The number of benzene rings is 2. The largest absolute Gasteiger partial charge is 0.480 e.